The molecule has 0 radical (unpaired) electrons. The average molecular weight is 466 g/mol. The first-order chi connectivity index (χ1) is 16.1. The first kappa shape index (κ1) is 24.4. The summed E-state index contributed by atoms with van der Waals surface area (Å²) >= 11 is 0. The number of carboxylic acid groups (broad SMARTS) is 1. The maximum atomic E-state index is 13.9. The summed E-state index contributed by atoms with van der Waals surface area (Å²) in [6.07, 6.45) is 1.02. The first-order valence-corrected chi connectivity index (χ1v) is 10.7. The number of nitrogens with two attached hydrogens (primary N) is 1. The molecule has 1 fully saturated rings. The highest BCUT2D eigenvalue weighted by molar-refractivity contribution is 6.08. The van der Waals surface area contributed by atoms with Gasteiger partial charge in [0.25, 0.3) is 5.91 Å². The van der Waals surface area contributed by atoms with Crippen molar-refractivity contribution in [2.24, 2.45) is 10.9 Å². The number of imide groups is 1. The van der Waals surface area contributed by atoms with E-state index in [0.717, 1.165) is 15.6 Å². The number of carbonyl (C=O) groups excluding carboxylic acids is 3. The highest BCUT2D eigenvalue weighted by atomic mass is 16.4. The summed E-state index contributed by atoms with van der Waals surface area (Å²) in [6.45, 7) is 4.39. The van der Waals surface area contributed by atoms with Crippen LogP contribution in [0.25, 0.3) is 0 Å². The molecule has 1 saturated heterocycles. The topological polar surface area (TPSA) is 137 Å². The predicted octanol–water partition coefficient (Wildman–Crippen LogP) is 2.29. The Kier molecular flexibility index (Phi) is 7.00. The summed E-state index contributed by atoms with van der Waals surface area (Å²) in [5.74, 6) is 2.79. The molecular formula is C24H27N5O5. The van der Waals surface area contributed by atoms with E-state index in [0.29, 0.717) is 11.1 Å². The maximum absolute atomic E-state index is 13.9. The number of urea groups is 1. The van der Waals surface area contributed by atoms with E-state index in [2.05, 4.69) is 5.10 Å². The Hall–Kier alpha value is -4.21. The largest absolute Gasteiger partial charge is 0.481 e. The van der Waals surface area contributed by atoms with Gasteiger partial charge in [-0.2, -0.15) is 10.1 Å². The molecule has 10 heteroatoms. The highest BCUT2D eigenvalue weighted by Gasteiger charge is 2.58. The Morgan fingerprint density at radius 3 is 2.29 bits per heavy atom. The molecule has 1 heterocycles. The van der Waals surface area contributed by atoms with Gasteiger partial charge in [0, 0.05) is 13.5 Å². The van der Waals surface area contributed by atoms with Crippen molar-refractivity contribution >= 4 is 30.0 Å². The summed E-state index contributed by atoms with van der Waals surface area (Å²) in [5, 5.41) is 14.4. The van der Waals surface area contributed by atoms with Gasteiger partial charge in [0.2, 0.25) is 5.91 Å². The lowest BCUT2D eigenvalue weighted by atomic mass is 9.89. The molecule has 0 unspecified atom stereocenters. The van der Waals surface area contributed by atoms with Crippen molar-refractivity contribution < 1.29 is 24.3 Å². The first-order valence-electron chi connectivity index (χ1n) is 10.7. The summed E-state index contributed by atoms with van der Waals surface area (Å²) < 4.78 is 0. The number of amides is 4. The van der Waals surface area contributed by atoms with E-state index < -0.39 is 41.8 Å². The number of nitrogens with zero attached hydrogens (tertiary/aromatic N) is 4. The van der Waals surface area contributed by atoms with Crippen LogP contribution >= 0.6 is 0 Å². The van der Waals surface area contributed by atoms with Crippen molar-refractivity contribution in [3.05, 3.63) is 71.3 Å². The van der Waals surface area contributed by atoms with Crippen LogP contribution in [0, 0.1) is 0 Å². The Morgan fingerprint density at radius 1 is 1.15 bits per heavy atom. The molecule has 0 aliphatic carbocycles. The number of hydrogen-bond donors (Lipinski definition) is 2. The van der Waals surface area contributed by atoms with Crippen LogP contribution in [0.4, 0.5) is 4.79 Å². The van der Waals surface area contributed by atoms with Gasteiger partial charge in [0.1, 0.15) is 5.54 Å². The number of benzene rings is 2. The van der Waals surface area contributed by atoms with Crippen LogP contribution in [0.5, 0.6) is 0 Å². The molecule has 2 aromatic carbocycles. The van der Waals surface area contributed by atoms with Crippen LogP contribution in [0.1, 0.15) is 43.9 Å². The Labute approximate surface area is 197 Å². The van der Waals surface area contributed by atoms with E-state index in [9.17, 15) is 24.3 Å². The summed E-state index contributed by atoms with van der Waals surface area (Å²) in [5.41, 5.74) is 0.560. The van der Waals surface area contributed by atoms with E-state index in [1.165, 1.54) is 25.0 Å². The zero-order valence-corrected chi connectivity index (χ0v) is 19.2. The fourth-order valence-corrected chi connectivity index (χ4v) is 4.14. The van der Waals surface area contributed by atoms with Crippen LogP contribution in [0.15, 0.2) is 59.7 Å². The van der Waals surface area contributed by atoms with Crippen LogP contribution < -0.4 is 5.84 Å². The van der Waals surface area contributed by atoms with Crippen molar-refractivity contribution in [2.45, 2.75) is 45.3 Å². The lowest BCUT2D eigenvalue weighted by Gasteiger charge is -2.33. The zero-order chi connectivity index (χ0) is 25.0. The molecule has 0 bridgehead atoms. The third kappa shape index (κ3) is 4.47. The standard InChI is InChI=1S/C24H27N5O5/c1-16(13-21(31)32)28(17(2)30)29-22(33)24(3,20-11-9-18(10-12-20)14-26-25)27(23(29)34)15-19-7-5-4-6-8-19/h4-12,14,16H,13,15,25H2,1-3H3,(H,31,32)/t16-,24-/m1/s1. The minimum absolute atomic E-state index is 0.101. The van der Waals surface area contributed by atoms with E-state index >= 15 is 0 Å². The normalized spacial score (nSPS) is 19.0. The smallest absolute Gasteiger partial charge is 0.347 e. The number of hydrazone groups is 1. The van der Waals surface area contributed by atoms with Gasteiger partial charge in [0.15, 0.2) is 0 Å². The SMILES string of the molecule is CC(=O)N([C@H](C)CC(=O)O)N1C(=O)N(Cc2ccccc2)[C@](C)(c2ccc(C=NN)cc2)C1=O. The molecule has 10 nitrogen and oxygen atoms in total. The molecule has 34 heavy (non-hydrogen) atoms. The minimum Gasteiger partial charge on any atom is -0.481 e. The molecule has 1 aliphatic rings. The van der Waals surface area contributed by atoms with Crippen LogP contribution in [0.3, 0.4) is 0 Å². The quantitative estimate of drug-likeness (QED) is 0.266. The van der Waals surface area contributed by atoms with Gasteiger partial charge in [-0.1, -0.05) is 54.6 Å². The molecule has 178 valence electrons. The van der Waals surface area contributed by atoms with Crippen LogP contribution in [-0.2, 0) is 26.5 Å². The summed E-state index contributed by atoms with van der Waals surface area (Å²) in [4.78, 5) is 52.7. The second-order valence-electron chi connectivity index (χ2n) is 8.25. The number of carboxylic acids is 1. The second-order valence-corrected chi connectivity index (χ2v) is 8.25. The molecule has 3 rings (SSSR count). The third-order valence-electron chi connectivity index (χ3n) is 5.87. The van der Waals surface area contributed by atoms with E-state index in [1.54, 1.807) is 31.2 Å². The fourth-order valence-electron chi connectivity index (χ4n) is 4.14. The van der Waals surface area contributed by atoms with Gasteiger partial charge in [-0.3, -0.25) is 19.3 Å². The molecule has 0 spiro atoms. The van der Waals surface area contributed by atoms with Crippen molar-refractivity contribution in [3.63, 3.8) is 0 Å². The monoisotopic (exact) mass is 465 g/mol. The number of aliphatic carboxylic acids is 1. The molecule has 3 N–H and O–H groups in total. The lowest BCUT2D eigenvalue weighted by Crippen LogP contribution is -2.54. The Morgan fingerprint density at radius 2 is 1.76 bits per heavy atom. The van der Waals surface area contributed by atoms with Gasteiger partial charge in [0.05, 0.1) is 18.7 Å². The van der Waals surface area contributed by atoms with Gasteiger partial charge >= 0.3 is 12.0 Å². The number of rotatable bonds is 8. The molecule has 0 aromatic heterocycles. The Balaban J connectivity index is 2.12. The van der Waals surface area contributed by atoms with Crippen LogP contribution in [0.2, 0.25) is 0 Å². The summed E-state index contributed by atoms with van der Waals surface area (Å²) in [7, 11) is 0. The highest BCUT2D eigenvalue weighted by Crippen LogP contribution is 2.40. The molecule has 2 aromatic rings. The maximum Gasteiger partial charge on any atom is 0.347 e. The second kappa shape index (κ2) is 9.74. The predicted molar refractivity (Wildman–Crippen MR) is 124 cm³/mol. The van der Waals surface area contributed by atoms with Gasteiger partial charge in [-0.05, 0) is 30.5 Å². The molecule has 4 amide bonds. The molecular weight excluding hydrogens is 438 g/mol. The van der Waals surface area contributed by atoms with Crippen molar-refractivity contribution in [1.82, 2.24) is 14.9 Å². The lowest BCUT2D eigenvalue weighted by molar-refractivity contribution is -0.161. The van der Waals surface area contributed by atoms with Gasteiger partial charge in [-0.15, -0.1) is 0 Å². The fraction of sp³-hybridized carbons (Fsp3) is 0.292. The van der Waals surface area contributed by atoms with Crippen molar-refractivity contribution in [3.8, 4) is 0 Å². The van der Waals surface area contributed by atoms with E-state index in [4.69, 9.17) is 5.84 Å². The minimum atomic E-state index is -1.46. The van der Waals surface area contributed by atoms with Gasteiger partial charge in [-0.25, -0.2) is 9.80 Å². The van der Waals surface area contributed by atoms with E-state index in [-0.39, 0.29) is 6.54 Å². The molecule has 1 aliphatic heterocycles. The summed E-state index contributed by atoms with van der Waals surface area (Å²) in [6, 6.07) is 14.3. The average Bonchev–Trinajstić information content (AvgIpc) is 2.97. The van der Waals surface area contributed by atoms with E-state index in [1.807, 2.05) is 30.3 Å². The number of hydrogen-bond acceptors (Lipinski definition) is 6. The third-order valence-corrected chi connectivity index (χ3v) is 5.87. The van der Waals surface area contributed by atoms with Crippen molar-refractivity contribution in [2.75, 3.05) is 0 Å². The molecule has 0 saturated carbocycles. The number of hydrazine groups is 1. The van der Waals surface area contributed by atoms with Crippen LogP contribution in [-0.4, -0.2) is 56.1 Å². The van der Waals surface area contributed by atoms with Crippen molar-refractivity contribution in [1.29, 1.82) is 0 Å². The van der Waals surface area contributed by atoms with Gasteiger partial charge < -0.3 is 10.9 Å². The zero-order valence-electron chi connectivity index (χ0n) is 19.2. The number of carbonyl (C=O) groups is 4. The molecule has 2 atom stereocenters. The Bertz CT molecular complexity index is 1120.